The molecule has 1 rings (SSSR count). The predicted octanol–water partition coefficient (Wildman–Crippen LogP) is -0.532. The van der Waals surface area contributed by atoms with Crippen LogP contribution in [-0.4, -0.2) is 60.4 Å². The van der Waals surface area contributed by atoms with Crippen LogP contribution in [0.1, 0.15) is 20.8 Å². The molecular formula is C12H17FO8. The van der Waals surface area contributed by atoms with Crippen molar-refractivity contribution in [3.05, 3.63) is 0 Å². The quantitative estimate of drug-likeness (QED) is 0.545. The molecule has 0 aromatic rings. The molecule has 5 atom stereocenters. The van der Waals surface area contributed by atoms with Gasteiger partial charge in [-0.1, -0.05) is 0 Å². The first-order valence-electron chi connectivity index (χ1n) is 6.17. The number of hydrogen-bond acceptors (Lipinski definition) is 8. The summed E-state index contributed by atoms with van der Waals surface area (Å²) >= 11 is 0. The fourth-order valence-electron chi connectivity index (χ4n) is 1.88. The Kier molecular flexibility index (Phi) is 6.03. The highest BCUT2D eigenvalue weighted by molar-refractivity contribution is 5.67. The molecule has 1 N–H and O–H groups in total. The molecular weight excluding hydrogens is 291 g/mol. The largest absolute Gasteiger partial charge is 0.463 e. The molecule has 1 aliphatic rings. The van der Waals surface area contributed by atoms with Crippen molar-refractivity contribution in [2.45, 2.75) is 51.5 Å². The van der Waals surface area contributed by atoms with Crippen molar-refractivity contribution in [1.82, 2.24) is 0 Å². The first-order valence-corrected chi connectivity index (χ1v) is 6.17. The van der Waals surface area contributed by atoms with Gasteiger partial charge in [0.2, 0.25) is 0 Å². The Morgan fingerprint density at radius 3 is 2.05 bits per heavy atom. The Labute approximate surface area is 120 Å². The minimum atomic E-state index is -2.10. The van der Waals surface area contributed by atoms with Crippen molar-refractivity contribution >= 4 is 17.9 Å². The van der Waals surface area contributed by atoms with Gasteiger partial charge < -0.3 is 24.1 Å². The van der Waals surface area contributed by atoms with Crippen LogP contribution in [0.25, 0.3) is 0 Å². The second-order valence-corrected chi connectivity index (χ2v) is 4.46. The third-order valence-corrected chi connectivity index (χ3v) is 2.65. The molecule has 0 spiro atoms. The fraction of sp³-hybridized carbons (Fsp3) is 0.750. The summed E-state index contributed by atoms with van der Waals surface area (Å²) in [5.74, 6) is -2.22. The molecule has 1 fully saturated rings. The zero-order valence-electron chi connectivity index (χ0n) is 11.8. The minimum absolute atomic E-state index is 0.394. The summed E-state index contributed by atoms with van der Waals surface area (Å²) in [4.78, 5) is 32.9. The van der Waals surface area contributed by atoms with Crippen molar-refractivity contribution in [1.29, 1.82) is 0 Å². The molecule has 9 heteroatoms. The van der Waals surface area contributed by atoms with Crippen LogP contribution in [0, 0.1) is 0 Å². The van der Waals surface area contributed by atoms with E-state index in [4.69, 9.17) is 18.9 Å². The summed E-state index contributed by atoms with van der Waals surface area (Å²) in [6.45, 7) is 2.86. The number of carbonyl (C=O) groups excluding carboxylic acids is 3. The van der Waals surface area contributed by atoms with Crippen molar-refractivity contribution in [2.75, 3.05) is 6.61 Å². The van der Waals surface area contributed by atoms with E-state index < -0.39 is 55.3 Å². The molecule has 1 saturated heterocycles. The highest BCUT2D eigenvalue weighted by Crippen LogP contribution is 2.27. The van der Waals surface area contributed by atoms with E-state index in [1.807, 2.05) is 0 Å². The average Bonchev–Trinajstić information content (AvgIpc) is 2.35. The van der Waals surface area contributed by atoms with Crippen LogP contribution in [0.5, 0.6) is 0 Å². The lowest BCUT2D eigenvalue weighted by Crippen LogP contribution is -2.59. The van der Waals surface area contributed by atoms with Gasteiger partial charge in [0.05, 0.1) is 0 Å². The molecule has 0 radical (unpaired) electrons. The molecule has 21 heavy (non-hydrogen) atoms. The molecule has 1 unspecified atom stereocenters. The minimum Gasteiger partial charge on any atom is -0.463 e. The van der Waals surface area contributed by atoms with Gasteiger partial charge in [-0.2, -0.15) is 0 Å². The van der Waals surface area contributed by atoms with Gasteiger partial charge in [0.1, 0.15) is 12.7 Å². The summed E-state index contributed by atoms with van der Waals surface area (Å²) in [7, 11) is 0. The first-order chi connectivity index (χ1) is 9.72. The molecule has 0 aliphatic carbocycles. The number of aliphatic hydroxyl groups excluding tert-OH is 1. The van der Waals surface area contributed by atoms with E-state index in [0.29, 0.717) is 0 Å². The SMILES string of the molecule is CC(=O)OC[C@H]1OC(O)[C@@H](F)[C@@H](OC(C)=O)[C@@H]1OC(C)=O. The number of esters is 3. The maximum atomic E-state index is 13.9. The lowest BCUT2D eigenvalue weighted by molar-refractivity contribution is -0.279. The van der Waals surface area contributed by atoms with Crippen molar-refractivity contribution in [3.63, 3.8) is 0 Å². The van der Waals surface area contributed by atoms with E-state index in [9.17, 15) is 23.9 Å². The molecule has 0 aromatic carbocycles. The van der Waals surface area contributed by atoms with Crippen LogP contribution in [0.2, 0.25) is 0 Å². The lowest BCUT2D eigenvalue weighted by atomic mass is 9.99. The van der Waals surface area contributed by atoms with Crippen LogP contribution >= 0.6 is 0 Å². The molecule has 8 nitrogen and oxygen atoms in total. The Bertz CT molecular complexity index is 412. The highest BCUT2D eigenvalue weighted by Gasteiger charge is 2.50. The molecule has 120 valence electrons. The smallest absolute Gasteiger partial charge is 0.303 e. The number of alkyl halides is 1. The van der Waals surface area contributed by atoms with E-state index in [2.05, 4.69) is 0 Å². The number of rotatable bonds is 4. The molecule has 0 saturated carbocycles. The van der Waals surface area contributed by atoms with Crippen LogP contribution in [0.3, 0.4) is 0 Å². The number of aliphatic hydroxyl groups is 1. The zero-order chi connectivity index (χ0) is 16.2. The van der Waals surface area contributed by atoms with Gasteiger partial charge in [0, 0.05) is 20.8 Å². The van der Waals surface area contributed by atoms with Crippen molar-refractivity contribution < 1.29 is 42.8 Å². The number of carbonyl (C=O) groups is 3. The zero-order valence-corrected chi connectivity index (χ0v) is 11.8. The number of hydrogen-bond donors (Lipinski definition) is 1. The molecule has 0 bridgehead atoms. The predicted molar refractivity (Wildman–Crippen MR) is 63.5 cm³/mol. The second-order valence-electron chi connectivity index (χ2n) is 4.46. The van der Waals surface area contributed by atoms with Gasteiger partial charge >= 0.3 is 17.9 Å². The monoisotopic (exact) mass is 308 g/mol. The van der Waals surface area contributed by atoms with E-state index in [1.54, 1.807) is 0 Å². The normalized spacial score (nSPS) is 32.1. The standard InChI is InChI=1S/C12H17FO8/c1-5(14)18-4-8-10(19-6(2)15)11(20-7(3)16)9(13)12(17)21-8/h8-12,17H,4H2,1-3H3/t8-,9+,10-,11-,12?/m1/s1. The van der Waals surface area contributed by atoms with Crippen LogP contribution in [0.15, 0.2) is 0 Å². The summed E-state index contributed by atoms with van der Waals surface area (Å²) in [5, 5.41) is 9.48. The van der Waals surface area contributed by atoms with Gasteiger partial charge in [-0.15, -0.1) is 0 Å². The van der Waals surface area contributed by atoms with Crippen LogP contribution < -0.4 is 0 Å². The third-order valence-electron chi connectivity index (χ3n) is 2.65. The lowest BCUT2D eigenvalue weighted by Gasteiger charge is -2.40. The van der Waals surface area contributed by atoms with Gasteiger partial charge in [0.25, 0.3) is 0 Å². The number of halogens is 1. The Hall–Kier alpha value is -1.74. The first kappa shape index (κ1) is 17.3. The van der Waals surface area contributed by atoms with Gasteiger partial charge in [0.15, 0.2) is 24.7 Å². The Morgan fingerprint density at radius 2 is 1.57 bits per heavy atom. The molecule has 1 aliphatic heterocycles. The fourth-order valence-corrected chi connectivity index (χ4v) is 1.88. The van der Waals surface area contributed by atoms with Gasteiger partial charge in [-0.25, -0.2) is 4.39 Å². The van der Waals surface area contributed by atoms with E-state index in [0.717, 1.165) is 20.8 Å². The van der Waals surface area contributed by atoms with Gasteiger partial charge in [-0.3, -0.25) is 14.4 Å². The summed E-state index contributed by atoms with van der Waals surface area (Å²) < 4.78 is 33.2. The van der Waals surface area contributed by atoms with Crippen LogP contribution in [-0.2, 0) is 33.3 Å². The number of ether oxygens (including phenoxy) is 4. The maximum Gasteiger partial charge on any atom is 0.303 e. The maximum absolute atomic E-state index is 13.9. The summed E-state index contributed by atoms with van der Waals surface area (Å²) in [5.41, 5.74) is 0. The summed E-state index contributed by atoms with van der Waals surface area (Å²) in [6, 6.07) is 0. The Morgan fingerprint density at radius 1 is 1.05 bits per heavy atom. The topological polar surface area (TPSA) is 108 Å². The van der Waals surface area contributed by atoms with E-state index in [-0.39, 0.29) is 0 Å². The Balaban J connectivity index is 2.94. The van der Waals surface area contributed by atoms with Crippen LogP contribution in [0.4, 0.5) is 4.39 Å². The average molecular weight is 308 g/mol. The molecule has 0 amide bonds. The highest BCUT2D eigenvalue weighted by atomic mass is 19.1. The molecule has 1 heterocycles. The summed E-state index contributed by atoms with van der Waals surface area (Å²) in [6.07, 6.45) is -8.07. The van der Waals surface area contributed by atoms with E-state index in [1.165, 1.54) is 0 Å². The van der Waals surface area contributed by atoms with Crippen molar-refractivity contribution in [3.8, 4) is 0 Å². The second kappa shape index (κ2) is 7.32. The van der Waals surface area contributed by atoms with E-state index >= 15 is 0 Å². The molecule has 0 aromatic heterocycles. The van der Waals surface area contributed by atoms with Gasteiger partial charge in [-0.05, 0) is 0 Å². The van der Waals surface area contributed by atoms with Crippen molar-refractivity contribution in [2.24, 2.45) is 0 Å². The third kappa shape index (κ3) is 4.94.